The van der Waals surface area contributed by atoms with Crippen molar-refractivity contribution in [2.24, 2.45) is 0 Å². The van der Waals surface area contributed by atoms with Gasteiger partial charge in [0.25, 0.3) is 5.95 Å². The molecule has 0 aromatic carbocycles. The van der Waals surface area contributed by atoms with Gasteiger partial charge in [0.05, 0.1) is 0 Å². The third-order valence-corrected chi connectivity index (χ3v) is 2.08. The molecule has 68 valence electrons. The summed E-state index contributed by atoms with van der Waals surface area (Å²) in [5, 5.41) is 6.08. The highest BCUT2D eigenvalue weighted by atomic mass is 32.2. The topological polar surface area (TPSA) is 99.8 Å². The van der Waals surface area contributed by atoms with Crippen LogP contribution in [0.5, 0.6) is 0 Å². The zero-order chi connectivity index (χ0) is 9.19. The Labute approximate surface area is 69.8 Å². The van der Waals surface area contributed by atoms with Crippen molar-refractivity contribution < 1.29 is 8.42 Å². The number of H-pyrrole nitrogens is 1. The molecule has 0 spiro atoms. The lowest BCUT2D eigenvalue weighted by Crippen LogP contribution is -2.26. The molecule has 0 aliphatic carbocycles. The molecule has 0 bridgehead atoms. The van der Waals surface area contributed by atoms with Crippen LogP contribution < -0.4 is 9.44 Å². The predicted molar refractivity (Wildman–Crippen MR) is 42.7 cm³/mol. The Kier molecular flexibility index (Phi) is 2.29. The number of hydrogen-bond donors (Lipinski definition) is 3. The number of aromatic nitrogens is 3. The van der Waals surface area contributed by atoms with E-state index in [9.17, 15) is 8.42 Å². The standard InChI is InChI=1S/C4H9N5O2S/c1-3-6-4(8-7-3)9-12(10,11)5-2/h5H,1-2H3,(H2,6,7,8,9). The molecule has 1 aromatic rings. The Balaban J connectivity index is 2.77. The summed E-state index contributed by atoms with van der Waals surface area (Å²) in [7, 11) is -2.21. The summed E-state index contributed by atoms with van der Waals surface area (Å²) in [5.41, 5.74) is 0. The summed E-state index contributed by atoms with van der Waals surface area (Å²) in [6.07, 6.45) is 0. The molecule has 0 saturated carbocycles. The molecule has 0 radical (unpaired) electrons. The van der Waals surface area contributed by atoms with E-state index in [2.05, 4.69) is 24.6 Å². The molecule has 1 aromatic heterocycles. The van der Waals surface area contributed by atoms with Crippen LogP contribution in [0.1, 0.15) is 5.82 Å². The largest absolute Gasteiger partial charge is 0.301 e. The average Bonchev–Trinajstić information content (AvgIpc) is 2.35. The van der Waals surface area contributed by atoms with Crippen LogP contribution in [0, 0.1) is 6.92 Å². The van der Waals surface area contributed by atoms with E-state index in [1.165, 1.54) is 7.05 Å². The Hall–Kier alpha value is -1.15. The summed E-state index contributed by atoms with van der Waals surface area (Å²) in [5.74, 6) is 0.575. The molecule has 0 fully saturated rings. The van der Waals surface area contributed by atoms with Crippen molar-refractivity contribution in [3.05, 3.63) is 5.82 Å². The molecule has 0 aliphatic heterocycles. The van der Waals surface area contributed by atoms with Gasteiger partial charge in [-0.1, -0.05) is 0 Å². The van der Waals surface area contributed by atoms with Crippen molar-refractivity contribution in [1.82, 2.24) is 19.9 Å². The van der Waals surface area contributed by atoms with Gasteiger partial charge in [0, 0.05) is 7.05 Å². The normalized spacial score (nSPS) is 11.5. The lowest BCUT2D eigenvalue weighted by atomic mass is 10.8. The first-order valence-electron chi connectivity index (χ1n) is 3.14. The van der Waals surface area contributed by atoms with E-state index in [1.807, 2.05) is 0 Å². The molecule has 0 saturated heterocycles. The van der Waals surface area contributed by atoms with E-state index in [4.69, 9.17) is 0 Å². The van der Waals surface area contributed by atoms with E-state index in [0.29, 0.717) is 5.82 Å². The number of hydrogen-bond acceptors (Lipinski definition) is 4. The Morgan fingerprint density at radius 1 is 1.50 bits per heavy atom. The second-order valence-electron chi connectivity index (χ2n) is 2.05. The quantitative estimate of drug-likeness (QED) is 0.570. The number of nitrogens with zero attached hydrogens (tertiary/aromatic N) is 2. The van der Waals surface area contributed by atoms with Gasteiger partial charge in [0.2, 0.25) is 0 Å². The van der Waals surface area contributed by atoms with Crippen molar-refractivity contribution in [3.8, 4) is 0 Å². The first-order chi connectivity index (χ1) is 5.53. The lowest BCUT2D eigenvalue weighted by Gasteiger charge is -1.99. The molecule has 0 aliphatic rings. The minimum Gasteiger partial charge on any atom is -0.261 e. The molecular formula is C4H9N5O2S. The second-order valence-corrected chi connectivity index (χ2v) is 3.67. The van der Waals surface area contributed by atoms with E-state index in [0.717, 1.165) is 0 Å². The van der Waals surface area contributed by atoms with Crippen molar-refractivity contribution >= 4 is 16.2 Å². The van der Waals surface area contributed by atoms with Gasteiger partial charge in [-0.15, -0.1) is 5.10 Å². The van der Waals surface area contributed by atoms with Crippen LogP contribution in [0.2, 0.25) is 0 Å². The first-order valence-corrected chi connectivity index (χ1v) is 4.62. The van der Waals surface area contributed by atoms with Crippen LogP contribution in [0.25, 0.3) is 0 Å². The van der Waals surface area contributed by atoms with Crippen LogP contribution in [-0.4, -0.2) is 30.6 Å². The van der Waals surface area contributed by atoms with Gasteiger partial charge < -0.3 is 0 Å². The third-order valence-electron chi connectivity index (χ3n) is 1.09. The van der Waals surface area contributed by atoms with Crippen LogP contribution in [0.3, 0.4) is 0 Å². The number of aryl methyl sites for hydroxylation is 1. The summed E-state index contributed by atoms with van der Waals surface area (Å²) < 4.78 is 25.9. The molecule has 1 heterocycles. The van der Waals surface area contributed by atoms with Gasteiger partial charge in [-0.05, 0) is 6.92 Å². The maximum atomic E-state index is 10.9. The molecule has 8 heteroatoms. The Morgan fingerprint density at radius 2 is 2.17 bits per heavy atom. The molecular weight excluding hydrogens is 182 g/mol. The van der Waals surface area contributed by atoms with E-state index >= 15 is 0 Å². The summed E-state index contributed by atoms with van der Waals surface area (Å²) in [6, 6.07) is 0. The fourth-order valence-corrected chi connectivity index (χ4v) is 0.993. The molecule has 0 atom stereocenters. The third kappa shape index (κ3) is 2.17. The van der Waals surface area contributed by atoms with Crippen molar-refractivity contribution in [2.45, 2.75) is 6.92 Å². The van der Waals surface area contributed by atoms with Crippen LogP contribution in [0.4, 0.5) is 5.95 Å². The maximum Gasteiger partial charge on any atom is 0.301 e. The minimum absolute atomic E-state index is 0.0295. The van der Waals surface area contributed by atoms with Gasteiger partial charge >= 0.3 is 10.2 Å². The molecule has 1 rings (SSSR count). The number of aromatic amines is 1. The molecule has 0 unspecified atom stereocenters. The average molecular weight is 191 g/mol. The van der Waals surface area contributed by atoms with Crippen molar-refractivity contribution in [1.29, 1.82) is 0 Å². The van der Waals surface area contributed by atoms with Gasteiger partial charge in [-0.25, -0.2) is 9.44 Å². The maximum absolute atomic E-state index is 10.9. The predicted octanol–water partition coefficient (Wildman–Crippen LogP) is -1.01. The summed E-state index contributed by atoms with van der Waals surface area (Å²) >= 11 is 0. The van der Waals surface area contributed by atoms with E-state index in [-0.39, 0.29) is 5.95 Å². The Bertz CT molecular complexity index is 355. The van der Waals surface area contributed by atoms with E-state index in [1.54, 1.807) is 6.92 Å². The zero-order valence-corrected chi connectivity index (χ0v) is 7.44. The highest BCUT2D eigenvalue weighted by molar-refractivity contribution is 7.90. The number of anilines is 1. The summed E-state index contributed by atoms with van der Waals surface area (Å²) in [4.78, 5) is 3.75. The number of nitrogens with one attached hydrogen (secondary N) is 3. The molecule has 7 nitrogen and oxygen atoms in total. The first kappa shape index (κ1) is 8.94. The SMILES string of the molecule is CNS(=O)(=O)Nc1n[nH]c(C)n1. The molecule has 3 N–H and O–H groups in total. The van der Waals surface area contributed by atoms with Gasteiger partial charge in [0.1, 0.15) is 5.82 Å². The van der Waals surface area contributed by atoms with Crippen LogP contribution in [-0.2, 0) is 10.2 Å². The van der Waals surface area contributed by atoms with Gasteiger partial charge in [-0.3, -0.25) is 5.10 Å². The highest BCUT2D eigenvalue weighted by Crippen LogP contribution is 1.98. The minimum atomic E-state index is -3.50. The second kappa shape index (κ2) is 3.07. The highest BCUT2D eigenvalue weighted by Gasteiger charge is 2.08. The van der Waals surface area contributed by atoms with Crippen LogP contribution >= 0.6 is 0 Å². The monoisotopic (exact) mass is 191 g/mol. The van der Waals surface area contributed by atoms with Crippen molar-refractivity contribution in [3.63, 3.8) is 0 Å². The van der Waals surface area contributed by atoms with Crippen molar-refractivity contribution in [2.75, 3.05) is 11.8 Å². The van der Waals surface area contributed by atoms with Gasteiger partial charge in [0.15, 0.2) is 0 Å². The summed E-state index contributed by atoms with van der Waals surface area (Å²) in [6.45, 7) is 1.67. The fraction of sp³-hybridized carbons (Fsp3) is 0.500. The molecule has 12 heavy (non-hydrogen) atoms. The van der Waals surface area contributed by atoms with Gasteiger partial charge in [-0.2, -0.15) is 13.4 Å². The lowest BCUT2D eigenvalue weighted by molar-refractivity contribution is 0.593. The smallest absolute Gasteiger partial charge is 0.261 e. The Morgan fingerprint density at radius 3 is 2.58 bits per heavy atom. The zero-order valence-electron chi connectivity index (χ0n) is 6.62. The van der Waals surface area contributed by atoms with E-state index < -0.39 is 10.2 Å². The molecule has 0 amide bonds. The number of rotatable bonds is 3. The fourth-order valence-electron chi connectivity index (χ4n) is 0.560. The van der Waals surface area contributed by atoms with Crippen LogP contribution in [0.15, 0.2) is 0 Å².